The molecule has 0 spiro atoms. The Balaban J connectivity index is 2.14. The molecule has 0 bridgehead atoms. The molecule has 2 aromatic rings. The minimum Gasteiger partial charge on any atom is -0.497 e. The molecule has 0 amide bonds. The van der Waals surface area contributed by atoms with Gasteiger partial charge in [-0.2, -0.15) is 9.97 Å². The van der Waals surface area contributed by atoms with Gasteiger partial charge in [0.15, 0.2) is 11.0 Å². The average Bonchev–Trinajstić information content (AvgIpc) is 2.52. The largest absolute Gasteiger partial charge is 0.497 e. The maximum Gasteiger partial charge on any atom is 0.224 e. The summed E-state index contributed by atoms with van der Waals surface area (Å²) in [5.41, 5.74) is 6.48. The van der Waals surface area contributed by atoms with Gasteiger partial charge in [-0.25, -0.2) is 4.98 Å². The second kappa shape index (κ2) is 6.98. The van der Waals surface area contributed by atoms with Gasteiger partial charge in [0.25, 0.3) is 0 Å². The molecule has 0 aliphatic carbocycles. The Kier molecular flexibility index (Phi) is 5.04. The maximum atomic E-state index is 5.65. The van der Waals surface area contributed by atoms with Gasteiger partial charge in [-0.3, -0.25) is 0 Å². The summed E-state index contributed by atoms with van der Waals surface area (Å²) in [5.74, 6) is 2.20. The van der Waals surface area contributed by atoms with E-state index in [4.69, 9.17) is 15.2 Å². The second-order valence-electron chi connectivity index (χ2n) is 4.02. The van der Waals surface area contributed by atoms with Crippen molar-refractivity contribution in [3.63, 3.8) is 0 Å². The van der Waals surface area contributed by atoms with Crippen molar-refractivity contribution < 1.29 is 9.47 Å². The van der Waals surface area contributed by atoms with Gasteiger partial charge >= 0.3 is 0 Å². The number of hydrogen-bond donors (Lipinski definition) is 2. The molecule has 0 saturated heterocycles. The molecule has 1 aromatic carbocycles. The molecule has 112 valence electrons. The molecule has 8 heteroatoms. The molecule has 0 unspecified atom stereocenters. The SMILES string of the molecule is COc1ccc(NCc2nc(N)nc(SC)n2)c(OC)c1. The van der Waals surface area contributed by atoms with E-state index in [1.807, 2.05) is 18.4 Å². The quantitative estimate of drug-likeness (QED) is 0.780. The molecule has 0 radical (unpaired) electrons. The Morgan fingerprint density at radius 2 is 2.00 bits per heavy atom. The number of methoxy groups -OCH3 is 2. The van der Waals surface area contributed by atoms with Crippen LogP contribution in [0.4, 0.5) is 11.6 Å². The van der Waals surface area contributed by atoms with E-state index in [0.717, 1.165) is 11.4 Å². The van der Waals surface area contributed by atoms with Crippen molar-refractivity contribution in [3.8, 4) is 11.5 Å². The van der Waals surface area contributed by atoms with Gasteiger partial charge < -0.3 is 20.5 Å². The van der Waals surface area contributed by atoms with Gasteiger partial charge in [-0.05, 0) is 18.4 Å². The fourth-order valence-electron chi connectivity index (χ4n) is 1.70. The minimum absolute atomic E-state index is 0.216. The van der Waals surface area contributed by atoms with Crippen molar-refractivity contribution >= 4 is 23.4 Å². The molecule has 0 aliphatic heterocycles. The summed E-state index contributed by atoms with van der Waals surface area (Å²) in [6, 6.07) is 5.52. The first kappa shape index (κ1) is 15.2. The first-order chi connectivity index (χ1) is 10.2. The summed E-state index contributed by atoms with van der Waals surface area (Å²) in [6.07, 6.45) is 1.89. The third-order valence-corrected chi connectivity index (χ3v) is 3.25. The highest BCUT2D eigenvalue weighted by molar-refractivity contribution is 7.98. The second-order valence-corrected chi connectivity index (χ2v) is 4.79. The van der Waals surface area contributed by atoms with E-state index in [-0.39, 0.29) is 5.95 Å². The molecule has 2 rings (SSSR count). The average molecular weight is 307 g/mol. The van der Waals surface area contributed by atoms with Crippen molar-refractivity contribution in [1.29, 1.82) is 0 Å². The fraction of sp³-hybridized carbons (Fsp3) is 0.308. The van der Waals surface area contributed by atoms with Crippen molar-refractivity contribution in [2.45, 2.75) is 11.7 Å². The Hall–Kier alpha value is -2.22. The Morgan fingerprint density at radius 1 is 1.19 bits per heavy atom. The highest BCUT2D eigenvalue weighted by Crippen LogP contribution is 2.29. The number of nitrogen functional groups attached to an aromatic ring is 1. The van der Waals surface area contributed by atoms with Crippen molar-refractivity contribution in [2.24, 2.45) is 0 Å². The molecule has 1 heterocycles. The number of thioether (sulfide) groups is 1. The zero-order chi connectivity index (χ0) is 15.2. The molecule has 0 atom stereocenters. The fourth-order valence-corrected chi connectivity index (χ4v) is 2.09. The van der Waals surface area contributed by atoms with E-state index >= 15 is 0 Å². The lowest BCUT2D eigenvalue weighted by atomic mass is 10.2. The van der Waals surface area contributed by atoms with Crippen molar-refractivity contribution in [3.05, 3.63) is 24.0 Å². The van der Waals surface area contributed by atoms with Crippen LogP contribution in [0.15, 0.2) is 23.4 Å². The zero-order valence-electron chi connectivity index (χ0n) is 12.1. The Morgan fingerprint density at radius 3 is 2.67 bits per heavy atom. The van der Waals surface area contributed by atoms with Crippen molar-refractivity contribution in [1.82, 2.24) is 15.0 Å². The lowest BCUT2D eigenvalue weighted by Crippen LogP contribution is -2.09. The zero-order valence-corrected chi connectivity index (χ0v) is 12.9. The van der Waals surface area contributed by atoms with E-state index in [0.29, 0.717) is 23.3 Å². The number of rotatable bonds is 6. The number of nitrogens with two attached hydrogens (primary N) is 1. The van der Waals surface area contributed by atoms with Crippen LogP contribution in [0.25, 0.3) is 0 Å². The number of nitrogens with one attached hydrogen (secondary N) is 1. The first-order valence-electron chi connectivity index (χ1n) is 6.16. The molecule has 0 fully saturated rings. The highest BCUT2D eigenvalue weighted by Gasteiger charge is 2.07. The third-order valence-electron chi connectivity index (χ3n) is 2.71. The van der Waals surface area contributed by atoms with Gasteiger partial charge in [0, 0.05) is 6.07 Å². The number of anilines is 2. The van der Waals surface area contributed by atoms with Crippen LogP contribution in [0.5, 0.6) is 11.5 Å². The molecule has 3 N–H and O–H groups in total. The van der Waals surface area contributed by atoms with E-state index in [1.165, 1.54) is 11.8 Å². The minimum atomic E-state index is 0.216. The lowest BCUT2D eigenvalue weighted by Gasteiger charge is -2.12. The predicted octanol–water partition coefficient (Wildman–Crippen LogP) is 1.80. The maximum absolute atomic E-state index is 5.65. The van der Waals surface area contributed by atoms with E-state index < -0.39 is 0 Å². The van der Waals surface area contributed by atoms with Crippen LogP contribution in [-0.2, 0) is 6.54 Å². The van der Waals surface area contributed by atoms with Crippen LogP contribution >= 0.6 is 11.8 Å². The number of hydrogen-bond acceptors (Lipinski definition) is 8. The number of nitrogens with zero attached hydrogens (tertiary/aromatic N) is 3. The summed E-state index contributed by atoms with van der Waals surface area (Å²) < 4.78 is 10.5. The number of ether oxygens (including phenoxy) is 2. The van der Waals surface area contributed by atoms with Gasteiger partial charge in [0.2, 0.25) is 5.95 Å². The number of aromatic nitrogens is 3. The standard InChI is InChI=1S/C13H17N5O2S/c1-19-8-4-5-9(10(6-8)20-2)15-7-11-16-12(14)18-13(17-11)21-3/h4-6,15H,7H2,1-3H3,(H2,14,16,17,18). The lowest BCUT2D eigenvalue weighted by molar-refractivity contribution is 0.395. The van der Waals surface area contributed by atoms with Crippen LogP contribution in [0, 0.1) is 0 Å². The smallest absolute Gasteiger partial charge is 0.224 e. The van der Waals surface area contributed by atoms with Crippen LogP contribution < -0.4 is 20.5 Å². The van der Waals surface area contributed by atoms with Gasteiger partial charge in [-0.1, -0.05) is 11.8 Å². The predicted molar refractivity (Wildman–Crippen MR) is 82.9 cm³/mol. The highest BCUT2D eigenvalue weighted by atomic mass is 32.2. The Labute approximate surface area is 127 Å². The summed E-state index contributed by atoms with van der Waals surface area (Å²) in [6.45, 7) is 0.420. The monoisotopic (exact) mass is 307 g/mol. The van der Waals surface area contributed by atoms with Gasteiger partial charge in [-0.15, -0.1) is 0 Å². The molecule has 21 heavy (non-hydrogen) atoms. The van der Waals surface area contributed by atoms with Crippen LogP contribution in [0.3, 0.4) is 0 Å². The number of benzene rings is 1. The molecule has 1 aromatic heterocycles. The van der Waals surface area contributed by atoms with Crippen molar-refractivity contribution in [2.75, 3.05) is 31.5 Å². The van der Waals surface area contributed by atoms with E-state index in [1.54, 1.807) is 20.3 Å². The van der Waals surface area contributed by atoms with E-state index in [9.17, 15) is 0 Å². The topological polar surface area (TPSA) is 95.2 Å². The summed E-state index contributed by atoms with van der Waals surface area (Å²) in [7, 11) is 3.21. The van der Waals surface area contributed by atoms with E-state index in [2.05, 4.69) is 20.3 Å². The van der Waals surface area contributed by atoms with Crippen LogP contribution in [0.2, 0.25) is 0 Å². The Bertz CT molecular complexity index is 624. The van der Waals surface area contributed by atoms with Crippen LogP contribution in [-0.4, -0.2) is 35.4 Å². The normalized spacial score (nSPS) is 10.2. The first-order valence-corrected chi connectivity index (χ1v) is 7.39. The molecular weight excluding hydrogens is 290 g/mol. The molecule has 7 nitrogen and oxygen atoms in total. The summed E-state index contributed by atoms with van der Waals surface area (Å²) >= 11 is 1.42. The summed E-state index contributed by atoms with van der Waals surface area (Å²) in [5, 5.41) is 3.81. The molecular formula is C13H17N5O2S. The van der Waals surface area contributed by atoms with Crippen LogP contribution in [0.1, 0.15) is 5.82 Å². The van der Waals surface area contributed by atoms with Gasteiger partial charge in [0.05, 0.1) is 26.5 Å². The molecule has 0 saturated carbocycles. The third kappa shape index (κ3) is 3.88. The molecule has 0 aliphatic rings. The van der Waals surface area contributed by atoms with Gasteiger partial charge in [0.1, 0.15) is 11.5 Å². The summed E-state index contributed by atoms with van der Waals surface area (Å²) in [4.78, 5) is 12.4.